The first kappa shape index (κ1) is 19.2. The van der Waals surface area contributed by atoms with E-state index >= 15 is 0 Å². The lowest BCUT2D eigenvalue weighted by Gasteiger charge is -2.35. The first-order valence-corrected chi connectivity index (χ1v) is 7.92. The molecule has 9 heteroatoms. The number of amides is 2. The fourth-order valence-corrected chi connectivity index (χ4v) is 2.67. The molecule has 0 aliphatic carbocycles. The average molecular weight is 357 g/mol. The Labute approximate surface area is 143 Å². The van der Waals surface area contributed by atoms with E-state index in [9.17, 15) is 18.4 Å². The zero-order chi connectivity index (χ0) is 18.4. The minimum atomic E-state index is -0.975. The Kier molecular flexibility index (Phi) is 6.80. The molecule has 1 fully saturated rings. The molecule has 1 heterocycles. The molecule has 1 saturated heterocycles. The van der Waals surface area contributed by atoms with E-state index in [1.54, 1.807) is 4.90 Å². The number of halogens is 2. The van der Waals surface area contributed by atoms with E-state index < -0.39 is 42.8 Å². The van der Waals surface area contributed by atoms with Crippen LogP contribution in [0, 0.1) is 11.6 Å². The number of nitrogens with zero attached hydrogens (tertiary/aromatic N) is 1. The van der Waals surface area contributed by atoms with Crippen LogP contribution in [-0.4, -0.2) is 65.3 Å². The zero-order valence-corrected chi connectivity index (χ0v) is 13.5. The number of aliphatic hydroxyl groups is 2. The van der Waals surface area contributed by atoms with Crippen LogP contribution < -0.4 is 10.6 Å². The predicted molar refractivity (Wildman–Crippen MR) is 84.3 cm³/mol. The molecule has 0 radical (unpaired) electrons. The van der Waals surface area contributed by atoms with E-state index in [1.807, 2.05) is 0 Å². The Morgan fingerprint density at radius 1 is 1.36 bits per heavy atom. The van der Waals surface area contributed by atoms with Gasteiger partial charge in [0, 0.05) is 25.2 Å². The van der Waals surface area contributed by atoms with Crippen molar-refractivity contribution >= 4 is 11.8 Å². The highest BCUT2D eigenvalue weighted by Gasteiger charge is 2.32. The number of carbonyl (C=O) groups is 2. The summed E-state index contributed by atoms with van der Waals surface area (Å²) < 4.78 is 27.2. The topological polar surface area (TPSA) is 102 Å². The molecule has 0 spiro atoms. The molecule has 1 aromatic carbocycles. The summed E-state index contributed by atoms with van der Waals surface area (Å²) in [4.78, 5) is 25.7. The van der Waals surface area contributed by atoms with Gasteiger partial charge in [-0.25, -0.2) is 8.78 Å². The molecule has 0 aromatic heterocycles. The molecule has 1 aliphatic rings. The lowest BCUT2D eigenvalue weighted by Crippen LogP contribution is -2.56. The minimum absolute atomic E-state index is 0.0155. The largest absolute Gasteiger partial charge is 0.394 e. The van der Waals surface area contributed by atoms with Crippen LogP contribution in [0.2, 0.25) is 0 Å². The van der Waals surface area contributed by atoms with E-state index in [4.69, 9.17) is 10.2 Å². The molecule has 1 atom stereocenters. The van der Waals surface area contributed by atoms with E-state index in [1.165, 1.54) is 12.1 Å². The summed E-state index contributed by atoms with van der Waals surface area (Å²) >= 11 is 0. The van der Waals surface area contributed by atoms with E-state index in [-0.39, 0.29) is 24.4 Å². The average Bonchev–Trinajstić information content (AvgIpc) is 2.59. The monoisotopic (exact) mass is 357 g/mol. The van der Waals surface area contributed by atoms with Crippen molar-refractivity contribution in [1.29, 1.82) is 0 Å². The lowest BCUT2D eigenvalue weighted by molar-refractivity contribution is -0.134. The van der Waals surface area contributed by atoms with Crippen molar-refractivity contribution in [3.63, 3.8) is 0 Å². The van der Waals surface area contributed by atoms with Crippen LogP contribution in [0.5, 0.6) is 0 Å². The molecule has 138 valence electrons. The maximum atomic E-state index is 13.9. The maximum absolute atomic E-state index is 13.9. The van der Waals surface area contributed by atoms with E-state index in [2.05, 4.69) is 10.6 Å². The van der Waals surface area contributed by atoms with Crippen molar-refractivity contribution in [3.05, 3.63) is 35.4 Å². The van der Waals surface area contributed by atoms with Gasteiger partial charge in [0.05, 0.1) is 31.7 Å². The second-order valence-electron chi connectivity index (χ2n) is 5.82. The summed E-state index contributed by atoms with van der Waals surface area (Å²) in [5.41, 5.74) is 0.101. The first-order valence-electron chi connectivity index (χ1n) is 7.92. The van der Waals surface area contributed by atoms with Crippen molar-refractivity contribution in [1.82, 2.24) is 15.5 Å². The second-order valence-corrected chi connectivity index (χ2v) is 5.82. The highest BCUT2D eigenvalue weighted by Crippen LogP contribution is 2.18. The number of rotatable bonds is 7. The lowest BCUT2D eigenvalue weighted by atomic mass is 10.1. The second kappa shape index (κ2) is 8.84. The standard InChI is InChI=1S/C16H21F2N3O4/c17-12-3-1-2-10(15(12)18)7-21-5-4-19-16(25)13(21)6-14(24)20-11(8-22)9-23/h1-3,11,13,22-23H,4-9H2,(H,19,25)(H,20,24). The number of hydrogen-bond acceptors (Lipinski definition) is 5. The summed E-state index contributed by atoms with van der Waals surface area (Å²) in [5.74, 6) is -2.86. The van der Waals surface area contributed by atoms with Gasteiger partial charge in [-0.2, -0.15) is 0 Å². The third kappa shape index (κ3) is 4.94. The van der Waals surface area contributed by atoms with Crippen LogP contribution in [0.3, 0.4) is 0 Å². The molecule has 7 nitrogen and oxygen atoms in total. The van der Waals surface area contributed by atoms with Gasteiger partial charge in [0.25, 0.3) is 0 Å². The molecule has 1 unspecified atom stereocenters. The molecule has 0 bridgehead atoms. The molecular formula is C16H21F2N3O4. The summed E-state index contributed by atoms with van der Waals surface area (Å²) in [6.07, 6.45) is -0.223. The molecule has 2 amide bonds. The van der Waals surface area contributed by atoms with Gasteiger partial charge in [-0.15, -0.1) is 0 Å². The summed E-state index contributed by atoms with van der Waals surface area (Å²) in [7, 11) is 0. The van der Waals surface area contributed by atoms with Gasteiger partial charge >= 0.3 is 0 Å². The molecular weight excluding hydrogens is 336 g/mol. The van der Waals surface area contributed by atoms with Crippen molar-refractivity contribution in [2.45, 2.75) is 25.0 Å². The van der Waals surface area contributed by atoms with Gasteiger partial charge in [-0.3, -0.25) is 14.5 Å². The van der Waals surface area contributed by atoms with Crippen molar-refractivity contribution in [2.75, 3.05) is 26.3 Å². The van der Waals surface area contributed by atoms with E-state index in [0.29, 0.717) is 13.1 Å². The van der Waals surface area contributed by atoms with Gasteiger partial charge in [-0.05, 0) is 6.07 Å². The van der Waals surface area contributed by atoms with Crippen LogP contribution in [0.25, 0.3) is 0 Å². The Morgan fingerprint density at radius 2 is 2.08 bits per heavy atom. The molecule has 25 heavy (non-hydrogen) atoms. The quantitative estimate of drug-likeness (QED) is 0.508. The predicted octanol–water partition coefficient (Wildman–Crippen LogP) is -0.875. The van der Waals surface area contributed by atoms with Crippen LogP contribution >= 0.6 is 0 Å². The molecule has 2 rings (SSSR count). The maximum Gasteiger partial charge on any atom is 0.237 e. The fraction of sp³-hybridized carbons (Fsp3) is 0.500. The molecule has 0 saturated carbocycles. The molecule has 4 N–H and O–H groups in total. The minimum Gasteiger partial charge on any atom is -0.394 e. The Hall–Kier alpha value is -2.10. The van der Waals surface area contributed by atoms with Gasteiger partial charge in [0.15, 0.2) is 11.6 Å². The number of benzene rings is 1. The summed E-state index contributed by atoms with van der Waals surface area (Å²) in [5, 5.41) is 23.0. The number of carbonyl (C=O) groups excluding carboxylic acids is 2. The third-order valence-electron chi connectivity index (χ3n) is 4.03. The highest BCUT2D eigenvalue weighted by molar-refractivity contribution is 5.88. The number of piperazine rings is 1. The summed E-state index contributed by atoms with van der Waals surface area (Å²) in [6.45, 7) is -0.167. The zero-order valence-electron chi connectivity index (χ0n) is 13.5. The van der Waals surface area contributed by atoms with Crippen LogP contribution in [-0.2, 0) is 16.1 Å². The van der Waals surface area contributed by atoms with Crippen molar-refractivity contribution in [2.24, 2.45) is 0 Å². The van der Waals surface area contributed by atoms with Gasteiger partial charge in [0.1, 0.15) is 0 Å². The Morgan fingerprint density at radius 3 is 2.76 bits per heavy atom. The van der Waals surface area contributed by atoms with Gasteiger partial charge in [0.2, 0.25) is 11.8 Å². The third-order valence-corrected chi connectivity index (χ3v) is 4.03. The summed E-state index contributed by atoms with van der Waals surface area (Å²) in [6, 6.07) is 2.15. The first-order chi connectivity index (χ1) is 12.0. The Balaban J connectivity index is 2.08. The smallest absolute Gasteiger partial charge is 0.237 e. The van der Waals surface area contributed by atoms with Gasteiger partial charge in [-0.1, -0.05) is 12.1 Å². The Bertz CT molecular complexity index is 625. The van der Waals surface area contributed by atoms with Gasteiger partial charge < -0.3 is 20.8 Å². The SMILES string of the molecule is O=C(CC1C(=O)NCCN1Cc1cccc(F)c1F)NC(CO)CO. The number of nitrogens with one attached hydrogen (secondary N) is 2. The van der Waals surface area contributed by atoms with E-state index in [0.717, 1.165) is 6.07 Å². The van der Waals surface area contributed by atoms with Crippen molar-refractivity contribution < 1.29 is 28.6 Å². The normalized spacial score (nSPS) is 18.3. The fourth-order valence-electron chi connectivity index (χ4n) is 2.67. The molecule has 1 aliphatic heterocycles. The highest BCUT2D eigenvalue weighted by atomic mass is 19.2. The van der Waals surface area contributed by atoms with Crippen LogP contribution in [0.1, 0.15) is 12.0 Å². The van der Waals surface area contributed by atoms with Crippen LogP contribution in [0.4, 0.5) is 8.78 Å². The van der Waals surface area contributed by atoms with Crippen molar-refractivity contribution in [3.8, 4) is 0 Å². The van der Waals surface area contributed by atoms with Crippen LogP contribution in [0.15, 0.2) is 18.2 Å². The molecule has 1 aromatic rings. The number of hydrogen-bond donors (Lipinski definition) is 4. The number of aliphatic hydroxyl groups excluding tert-OH is 2.